The summed E-state index contributed by atoms with van der Waals surface area (Å²) < 4.78 is 39.7. The number of hydrogen-bond donors (Lipinski definition) is 2. The van der Waals surface area contributed by atoms with E-state index in [-0.39, 0.29) is 23.0 Å². The highest BCUT2D eigenvalue weighted by Crippen LogP contribution is 2.23. The van der Waals surface area contributed by atoms with E-state index < -0.39 is 10.0 Å². The molecule has 2 rings (SSSR count). The fourth-order valence-corrected chi connectivity index (χ4v) is 4.00. The summed E-state index contributed by atoms with van der Waals surface area (Å²) in [6.07, 6.45) is 0.182. The number of benzene rings is 2. The van der Waals surface area contributed by atoms with Crippen LogP contribution in [0.15, 0.2) is 52.3 Å². The van der Waals surface area contributed by atoms with Gasteiger partial charge in [-0.3, -0.25) is 4.79 Å². The van der Waals surface area contributed by atoms with Crippen molar-refractivity contribution in [1.82, 2.24) is 4.72 Å². The minimum Gasteiger partial charge on any atom is -0.326 e. The molecule has 0 aliphatic carbocycles. The molecule has 0 saturated carbocycles. The van der Waals surface area contributed by atoms with E-state index in [1.54, 1.807) is 37.3 Å². The molecule has 0 aromatic heterocycles. The molecule has 2 aromatic rings. The van der Waals surface area contributed by atoms with Crippen molar-refractivity contribution in [2.75, 3.05) is 18.1 Å². The summed E-state index contributed by atoms with van der Waals surface area (Å²) in [5.41, 5.74) is 0.989. The first-order valence-corrected chi connectivity index (χ1v) is 10.0. The van der Waals surface area contributed by atoms with Gasteiger partial charge < -0.3 is 5.32 Å². The van der Waals surface area contributed by atoms with Crippen molar-refractivity contribution in [1.29, 1.82) is 0 Å². The van der Waals surface area contributed by atoms with Crippen molar-refractivity contribution in [3.63, 3.8) is 0 Å². The van der Waals surface area contributed by atoms with E-state index in [1.807, 2.05) is 0 Å². The summed E-state index contributed by atoms with van der Waals surface area (Å²) >= 11 is 1.26. The van der Waals surface area contributed by atoms with Gasteiger partial charge in [0.05, 0.1) is 4.90 Å². The molecule has 5 nitrogen and oxygen atoms in total. The second-order valence-electron chi connectivity index (χ2n) is 5.26. The smallest absolute Gasteiger partial charge is 0.240 e. The van der Waals surface area contributed by atoms with E-state index >= 15 is 0 Å². The van der Waals surface area contributed by atoms with Crippen LogP contribution in [0.25, 0.3) is 0 Å². The zero-order valence-electron chi connectivity index (χ0n) is 13.9. The molecule has 0 unspecified atom stereocenters. The first kappa shape index (κ1) is 19.4. The van der Waals surface area contributed by atoms with E-state index in [4.69, 9.17) is 0 Å². The number of hydrogen-bond acceptors (Lipinski definition) is 4. The van der Waals surface area contributed by atoms with Crippen molar-refractivity contribution in [2.45, 2.75) is 23.1 Å². The summed E-state index contributed by atoms with van der Waals surface area (Å²) in [7, 11) is -2.26. The maximum atomic E-state index is 13.5. The molecule has 0 spiro atoms. The predicted octanol–water partition coefficient (Wildman–Crippen LogP) is 3.16. The first-order valence-electron chi connectivity index (χ1n) is 7.55. The zero-order valence-corrected chi connectivity index (χ0v) is 15.5. The fourth-order valence-electron chi connectivity index (χ4n) is 2.12. The molecule has 134 valence electrons. The van der Waals surface area contributed by atoms with Gasteiger partial charge in [-0.05, 0) is 43.8 Å². The minimum absolute atomic E-state index is 0.119. The van der Waals surface area contributed by atoms with Crippen molar-refractivity contribution in [3.8, 4) is 0 Å². The normalized spacial score (nSPS) is 11.3. The van der Waals surface area contributed by atoms with Crippen LogP contribution in [0.5, 0.6) is 0 Å². The van der Waals surface area contributed by atoms with Crippen LogP contribution in [-0.2, 0) is 14.8 Å². The largest absolute Gasteiger partial charge is 0.326 e. The Morgan fingerprint density at radius 1 is 1.20 bits per heavy atom. The Labute approximate surface area is 151 Å². The molecule has 0 atom stereocenters. The average molecular weight is 382 g/mol. The Bertz CT molecular complexity index is 870. The van der Waals surface area contributed by atoms with Gasteiger partial charge in [-0.1, -0.05) is 18.2 Å². The van der Waals surface area contributed by atoms with Gasteiger partial charge in [0.2, 0.25) is 15.9 Å². The van der Waals surface area contributed by atoms with Gasteiger partial charge in [0.1, 0.15) is 5.82 Å². The minimum atomic E-state index is -3.59. The molecule has 0 aliphatic rings. The van der Waals surface area contributed by atoms with Crippen molar-refractivity contribution >= 4 is 33.4 Å². The van der Waals surface area contributed by atoms with Gasteiger partial charge >= 0.3 is 0 Å². The summed E-state index contributed by atoms with van der Waals surface area (Å²) in [4.78, 5) is 12.6. The van der Waals surface area contributed by atoms with E-state index in [9.17, 15) is 17.6 Å². The van der Waals surface area contributed by atoms with Crippen LogP contribution in [-0.4, -0.2) is 27.1 Å². The highest BCUT2D eigenvalue weighted by molar-refractivity contribution is 7.99. The Kier molecular flexibility index (Phi) is 6.57. The van der Waals surface area contributed by atoms with E-state index in [1.165, 1.54) is 30.9 Å². The van der Waals surface area contributed by atoms with Crippen LogP contribution < -0.4 is 10.0 Å². The quantitative estimate of drug-likeness (QED) is 0.722. The maximum absolute atomic E-state index is 13.5. The van der Waals surface area contributed by atoms with Crippen molar-refractivity contribution in [3.05, 3.63) is 53.8 Å². The second kappa shape index (κ2) is 8.46. The summed E-state index contributed by atoms with van der Waals surface area (Å²) in [6, 6.07) is 11.1. The highest BCUT2D eigenvalue weighted by Gasteiger charge is 2.15. The summed E-state index contributed by atoms with van der Waals surface area (Å²) in [6.45, 7) is 1.68. The zero-order chi connectivity index (χ0) is 18.4. The Morgan fingerprint density at radius 2 is 1.92 bits per heavy atom. The van der Waals surface area contributed by atoms with Crippen molar-refractivity contribution < 1.29 is 17.6 Å². The number of amides is 1. The number of thioether (sulfide) groups is 1. The topological polar surface area (TPSA) is 75.3 Å². The lowest BCUT2D eigenvalue weighted by molar-refractivity contribution is -0.115. The van der Waals surface area contributed by atoms with Gasteiger partial charge in [0.15, 0.2) is 0 Å². The molecule has 0 bridgehead atoms. The molecule has 25 heavy (non-hydrogen) atoms. The molecule has 0 aliphatic heterocycles. The van der Waals surface area contributed by atoms with Crippen LogP contribution in [0.4, 0.5) is 10.1 Å². The highest BCUT2D eigenvalue weighted by atomic mass is 32.2. The van der Waals surface area contributed by atoms with Crippen LogP contribution in [0.2, 0.25) is 0 Å². The molecule has 2 N–H and O–H groups in total. The van der Waals surface area contributed by atoms with Gasteiger partial charge in [-0.2, -0.15) is 0 Å². The van der Waals surface area contributed by atoms with E-state index in [0.717, 1.165) is 0 Å². The molecular weight excluding hydrogens is 363 g/mol. The Hall–Kier alpha value is -1.90. The number of anilines is 1. The molecule has 2 aromatic carbocycles. The lowest BCUT2D eigenvalue weighted by atomic mass is 10.2. The molecule has 1 amide bonds. The second-order valence-corrected chi connectivity index (χ2v) is 8.26. The SMILES string of the molecule is CNS(=O)(=O)c1cc(NC(=O)CCSc2ccccc2F)ccc1C. The number of carbonyl (C=O) groups excluding carboxylic acids is 1. The van der Waals surface area contributed by atoms with Gasteiger partial charge in [-0.25, -0.2) is 17.5 Å². The Balaban J connectivity index is 1.97. The van der Waals surface area contributed by atoms with Gasteiger partial charge in [0, 0.05) is 22.8 Å². The molecule has 0 heterocycles. The third-order valence-electron chi connectivity index (χ3n) is 3.45. The first-order chi connectivity index (χ1) is 11.8. The van der Waals surface area contributed by atoms with E-state index in [2.05, 4.69) is 10.0 Å². The number of sulfonamides is 1. The number of rotatable bonds is 7. The number of nitrogens with one attached hydrogen (secondary N) is 2. The molecular formula is C17H19FN2O3S2. The number of carbonyl (C=O) groups is 1. The Morgan fingerprint density at radius 3 is 2.60 bits per heavy atom. The predicted molar refractivity (Wildman–Crippen MR) is 97.8 cm³/mol. The lowest BCUT2D eigenvalue weighted by Crippen LogP contribution is -2.20. The van der Waals surface area contributed by atoms with Gasteiger partial charge in [0.25, 0.3) is 0 Å². The number of halogens is 1. The van der Waals surface area contributed by atoms with Crippen LogP contribution in [0.3, 0.4) is 0 Å². The summed E-state index contributed by atoms with van der Waals surface area (Å²) in [5, 5.41) is 2.67. The standard InChI is InChI=1S/C17H19FN2O3S2/c1-12-7-8-13(11-16(12)25(22,23)19-2)20-17(21)9-10-24-15-6-4-3-5-14(15)18/h3-8,11,19H,9-10H2,1-2H3,(H,20,21). The van der Waals surface area contributed by atoms with Crippen molar-refractivity contribution in [2.24, 2.45) is 0 Å². The lowest BCUT2D eigenvalue weighted by Gasteiger charge is -2.10. The third kappa shape index (κ3) is 5.29. The van der Waals surface area contributed by atoms with Crippen LogP contribution in [0.1, 0.15) is 12.0 Å². The average Bonchev–Trinajstić information content (AvgIpc) is 2.58. The molecule has 0 radical (unpaired) electrons. The monoisotopic (exact) mass is 382 g/mol. The van der Waals surface area contributed by atoms with Crippen LogP contribution in [0, 0.1) is 12.7 Å². The van der Waals surface area contributed by atoms with E-state index in [0.29, 0.717) is 21.9 Å². The molecule has 8 heteroatoms. The summed E-state index contributed by atoms with van der Waals surface area (Å²) in [5.74, 6) is -0.158. The maximum Gasteiger partial charge on any atom is 0.240 e. The fraction of sp³-hybridized carbons (Fsp3) is 0.235. The van der Waals surface area contributed by atoms with Gasteiger partial charge in [-0.15, -0.1) is 11.8 Å². The molecule has 0 saturated heterocycles. The van der Waals surface area contributed by atoms with Crippen LogP contribution >= 0.6 is 11.8 Å². The third-order valence-corrected chi connectivity index (χ3v) is 6.06. The molecule has 0 fully saturated rings. The number of aryl methyl sites for hydroxylation is 1.